The van der Waals surface area contributed by atoms with Gasteiger partial charge in [-0.3, -0.25) is 4.79 Å². The van der Waals surface area contributed by atoms with Crippen molar-refractivity contribution in [2.24, 2.45) is 0 Å². The first-order valence-electron chi connectivity index (χ1n) is 7.69. The zero-order chi connectivity index (χ0) is 17.5. The lowest BCUT2D eigenvalue weighted by Gasteiger charge is -2.18. The Morgan fingerprint density at radius 2 is 2.00 bits per heavy atom. The average Bonchev–Trinajstić information content (AvgIpc) is 2.59. The highest BCUT2D eigenvalue weighted by molar-refractivity contribution is 6.35. The SMILES string of the molecule is CCC(Oc1ccc(Cl)cc1Cl)C(=O)NCc1cccc(NC)c1. The Hall–Kier alpha value is -1.91. The summed E-state index contributed by atoms with van der Waals surface area (Å²) in [6, 6.07) is 12.8. The van der Waals surface area contributed by atoms with Crippen LogP contribution in [-0.2, 0) is 11.3 Å². The fourth-order valence-corrected chi connectivity index (χ4v) is 2.64. The van der Waals surface area contributed by atoms with Crippen LogP contribution in [0.5, 0.6) is 5.75 Å². The number of halogens is 2. The molecular formula is C18H20Cl2N2O2. The maximum absolute atomic E-state index is 12.4. The highest BCUT2D eigenvalue weighted by Gasteiger charge is 2.19. The van der Waals surface area contributed by atoms with Gasteiger partial charge in [-0.2, -0.15) is 0 Å². The molecule has 0 aliphatic carbocycles. The van der Waals surface area contributed by atoms with Crippen molar-refractivity contribution in [1.29, 1.82) is 0 Å². The van der Waals surface area contributed by atoms with Gasteiger partial charge in [0.2, 0.25) is 0 Å². The van der Waals surface area contributed by atoms with Gasteiger partial charge < -0.3 is 15.4 Å². The molecule has 4 nitrogen and oxygen atoms in total. The van der Waals surface area contributed by atoms with Crippen LogP contribution >= 0.6 is 23.2 Å². The van der Waals surface area contributed by atoms with Gasteiger partial charge in [-0.15, -0.1) is 0 Å². The number of hydrogen-bond donors (Lipinski definition) is 2. The second-order valence-electron chi connectivity index (χ2n) is 5.26. The number of hydrogen-bond acceptors (Lipinski definition) is 3. The van der Waals surface area contributed by atoms with E-state index in [1.807, 2.05) is 38.2 Å². The van der Waals surface area contributed by atoms with E-state index in [1.54, 1.807) is 18.2 Å². The maximum Gasteiger partial charge on any atom is 0.261 e. The molecule has 0 radical (unpaired) electrons. The summed E-state index contributed by atoms with van der Waals surface area (Å²) < 4.78 is 5.73. The summed E-state index contributed by atoms with van der Waals surface area (Å²) in [7, 11) is 1.86. The number of carbonyl (C=O) groups excluding carboxylic acids is 1. The van der Waals surface area contributed by atoms with Crippen molar-refractivity contribution in [3.8, 4) is 5.75 Å². The van der Waals surface area contributed by atoms with Gasteiger partial charge in [0.05, 0.1) is 5.02 Å². The first-order chi connectivity index (χ1) is 11.5. The van der Waals surface area contributed by atoms with E-state index < -0.39 is 6.10 Å². The van der Waals surface area contributed by atoms with Crippen LogP contribution in [0.3, 0.4) is 0 Å². The van der Waals surface area contributed by atoms with Crippen molar-refractivity contribution in [3.63, 3.8) is 0 Å². The summed E-state index contributed by atoms with van der Waals surface area (Å²) >= 11 is 12.0. The molecule has 0 saturated heterocycles. The third kappa shape index (κ3) is 5.05. The zero-order valence-corrected chi connectivity index (χ0v) is 15.1. The van der Waals surface area contributed by atoms with Crippen LogP contribution in [0.25, 0.3) is 0 Å². The molecule has 2 aromatic rings. The molecule has 0 bridgehead atoms. The Morgan fingerprint density at radius 1 is 1.21 bits per heavy atom. The standard InChI is InChI=1S/C18H20Cl2N2O2/c1-3-16(24-17-8-7-13(19)10-15(17)20)18(23)22-11-12-5-4-6-14(9-12)21-2/h4-10,16,21H,3,11H2,1-2H3,(H,22,23). The molecule has 0 heterocycles. The van der Waals surface area contributed by atoms with Crippen LogP contribution in [0, 0.1) is 0 Å². The number of rotatable bonds is 7. The minimum absolute atomic E-state index is 0.182. The summed E-state index contributed by atoms with van der Waals surface area (Å²) in [4.78, 5) is 12.4. The minimum atomic E-state index is -0.615. The predicted molar refractivity (Wildman–Crippen MR) is 99.0 cm³/mol. The first kappa shape index (κ1) is 18.4. The van der Waals surface area contributed by atoms with Crippen molar-refractivity contribution in [1.82, 2.24) is 5.32 Å². The van der Waals surface area contributed by atoms with Gasteiger partial charge in [-0.25, -0.2) is 0 Å². The monoisotopic (exact) mass is 366 g/mol. The number of ether oxygens (including phenoxy) is 1. The van der Waals surface area contributed by atoms with E-state index in [4.69, 9.17) is 27.9 Å². The van der Waals surface area contributed by atoms with Crippen LogP contribution in [-0.4, -0.2) is 19.1 Å². The molecule has 0 saturated carbocycles. The van der Waals surface area contributed by atoms with Gasteiger partial charge in [0.15, 0.2) is 6.10 Å². The summed E-state index contributed by atoms with van der Waals surface area (Å²) in [5.41, 5.74) is 2.01. The third-order valence-corrected chi connectivity index (χ3v) is 4.04. The van der Waals surface area contributed by atoms with E-state index in [9.17, 15) is 4.79 Å². The van der Waals surface area contributed by atoms with Gasteiger partial charge in [0.1, 0.15) is 5.75 Å². The molecule has 0 aliphatic heterocycles. The fourth-order valence-electron chi connectivity index (χ4n) is 2.19. The Bertz CT molecular complexity index is 707. The molecule has 0 aromatic heterocycles. The Labute approximate surface area is 152 Å². The van der Waals surface area contributed by atoms with Crippen molar-refractivity contribution >= 4 is 34.8 Å². The van der Waals surface area contributed by atoms with Gasteiger partial charge in [0.25, 0.3) is 5.91 Å². The predicted octanol–water partition coefficient (Wildman–Crippen LogP) is 4.51. The zero-order valence-electron chi connectivity index (χ0n) is 13.6. The molecule has 0 spiro atoms. The molecular weight excluding hydrogens is 347 g/mol. The number of benzene rings is 2. The molecule has 1 amide bonds. The summed E-state index contributed by atoms with van der Waals surface area (Å²) in [6.07, 6.45) is -0.0856. The molecule has 24 heavy (non-hydrogen) atoms. The first-order valence-corrected chi connectivity index (χ1v) is 8.45. The number of anilines is 1. The second kappa shape index (κ2) is 8.81. The molecule has 128 valence electrons. The summed E-state index contributed by atoms with van der Waals surface area (Å²) in [6.45, 7) is 2.32. The molecule has 2 rings (SSSR count). The third-order valence-electron chi connectivity index (χ3n) is 3.51. The molecule has 2 aromatic carbocycles. The van der Waals surface area contributed by atoms with Crippen molar-refractivity contribution in [2.45, 2.75) is 26.0 Å². The van der Waals surface area contributed by atoms with Crippen LogP contribution in [0.15, 0.2) is 42.5 Å². The number of amides is 1. The normalized spacial score (nSPS) is 11.7. The highest BCUT2D eigenvalue weighted by atomic mass is 35.5. The molecule has 0 aliphatic rings. The van der Waals surface area contributed by atoms with Crippen LogP contribution < -0.4 is 15.4 Å². The van der Waals surface area contributed by atoms with Crippen LogP contribution in [0.4, 0.5) is 5.69 Å². The van der Waals surface area contributed by atoms with Crippen LogP contribution in [0.2, 0.25) is 10.0 Å². The highest BCUT2D eigenvalue weighted by Crippen LogP contribution is 2.28. The maximum atomic E-state index is 12.4. The van der Waals surface area contributed by atoms with E-state index in [2.05, 4.69) is 10.6 Å². The van der Waals surface area contributed by atoms with E-state index >= 15 is 0 Å². The lowest BCUT2D eigenvalue weighted by atomic mass is 10.2. The lowest BCUT2D eigenvalue weighted by Crippen LogP contribution is -2.37. The molecule has 2 N–H and O–H groups in total. The quantitative estimate of drug-likeness (QED) is 0.757. The van der Waals surface area contributed by atoms with E-state index in [1.165, 1.54) is 0 Å². The van der Waals surface area contributed by atoms with Crippen molar-refractivity contribution in [2.75, 3.05) is 12.4 Å². The Kier molecular flexibility index (Phi) is 6.76. The fraction of sp³-hybridized carbons (Fsp3) is 0.278. The average molecular weight is 367 g/mol. The van der Waals surface area contributed by atoms with Crippen molar-refractivity contribution < 1.29 is 9.53 Å². The van der Waals surface area contributed by atoms with Gasteiger partial charge >= 0.3 is 0 Å². The molecule has 6 heteroatoms. The summed E-state index contributed by atoms with van der Waals surface area (Å²) in [5.74, 6) is 0.263. The number of nitrogens with one attached hydrogen (secondary N) is 2. The molecule has 1 unspecified atom stereocenters. The molecule has 0 fully saturated rings. The van der Waals surface area contributed by atoms with Gasteiger partial charge in [-0.1, -0.05) is 42.3 Å². The number of carbonyl (C=O) groups is 1. The van der Waals surface area contributed by atoms with Gasteiger partial charge in [-0.05, 0) is 42.3 Å². The largest absolute Gasteiger partial charge is 0.479 e. The smallest absolute Gasteiger partial charge is 0.261 e. The molecule has 1 atom stereocenters. The lowest BCUT2D eigenvalue weighted by molar-refractivity contribution is -0.128. The Morgan fingerprint density at radius 3 is 2.67 bits per heavy atom. The second-order valence-corrected chi connectivity index (χ2v) is 6.10. The summed E-state index contributed by atoms with van der Waals surface area (Å²) in [5, 5.41) is 6.87. The Balaban J connectivity index is 1.98. The topological polar surface area (TPSA) is 50.4 Å². The van der Waals surface area contributed by atoms with Crippen LogP contribution in [0.1, 0.15) is 18.9 Å². The van der Waals surface area contributed by atoms with Crippen molar-refractivity contribution in [3.05, 3.63) is 58.1 Å². The van der Waals surface area contributed by atoms with E-state index in [-0.39, 0.29) is 5.91 Å². The minimum Gasteiger partial charge on any atom is -0.479 e. The van der Waals surface area contributed by atoms with E-state index in [0.29, 0.717) is 28.8 Å². The van der Waals surface area contributed by atoms with Gasteiger partial charge in [0, 0.05) is 24.3 Å². The van der Waals surface area contributed by atoms with E-state index in [0.717, 1.165) is 11.3 Å².